The topological polar surface area (TPSA) is 71.3 Å². The maximum Gasteiger partial charge on any atom is 0.337 e. The molecule has 2 aromatic carbocycles. The summed E-state index contributed by atoms with van der Waals surface area (Å²) in [4.78, 5) is 24.5. The Labute approximate surface area is 174 Å². The number of rotatable bonds is 6. The highest BCUT2D eigenvalue weighted by Crippen LogP contribution is 2.30. The summed E-state index contributed by atoms with van der Waals surface area (Å²) in [6.07, 6.45) is 1.75. The first-order valence-corrected chi connectivity index (χ1v) is 9.70. The number of amides is 1. The summed E-state index contributed by atoms with van der Waals surface area (Å²) in [5.41, 5.74) is 3.86. The SMILES string of the molecule is C=CCn1c(C(=O)Nc2ccc(Cl)c(C(=O)O)c2)c(C)c2cc(C(C)C)ccc21. The van der Waals surface area contributed by atoms with Crippen LogP contribution in [-0.2, 0) is 6.54 Å². The molecular formula is C23H23ClN2O3. The molecule has 0 aliphatic heterocycles. The summed E-state index contributed by atoms with van der Waals surface area (Å²) >= 11 is 5.92. The van der Waals surface area contributed by atoms with Crippen molar-refractivity contribution in [2.75, 3.05) is 5.32 Å². The van der Waals surface area contributed by atoms with E-state index in [1.165, 1.54) is 17.7 Å². The lowest BCUT2D eigenvalue weighted by Gasteiger charge is -2.11. The number of halogens is 1. The largest absolute Gasteiger partial charge is 0.478 e. The monoisotopic (exact) mass is 410 g/mol. The molecule has 29 heavy (non-hydrogen) atoms. The molecule has 0 radical (unpaired) electrons. The molecule has 0 saturated heterocycles. The van der Waals surface area contributed by atoms with Crippen molar-refractivity contribution in [3.63, 3.8) is 0 Å². The lowest BCUT2D eigenvalue weighted by atomic mass is 10.0. The average Bonchev–Trinajstić information content (AvgIpc) is 2.95. The number of aromatic nitrogens is 1. The second-order valence-electron chi connectivity index (χ2n) is 7.26. The Hall–Kier alpha value is -3.05. The van der Waals surface area contributed by atoms with Gasteiger partial charge in [-0.25, -0.2) is 4.79 Å². The molecule has 0 aliphatic carbocycles. The molecule has 0 saturated carbocycles. The van der Waals surface area contributed by atoms with Gasteiger partial charge in [0.1, 0.15) is 5.69 Å². The van der Waals surface area contributed by atoms with Crippen molar-refractivity contribution < 1.29 is 14.7 Å². The Balaban J connectivity index is 2.08. The van der Waals surface area contributed by atoms with Crippen LogP contribution >= 0.6 is 11.6 Å². The second kappa shape index (κ2) is 8.13. The van der Waals surface area contributed by atoms with Gasteiger partial charge in [0.2, 0.25) is 0 Å². The van der Waals surface area contributed by atoms with Crippen molar-refractivity contribution in [3.8, 4) is 0 Å². The fourth-order valence-corrected chi connectivity index (χ4v) is 3.67. The Bertz CT molecular complexity index is 1130. The van der Waals surface area contributed by atoms with Gasteiger partial charge < -0.3 is 15.0 Å². The molecule has 1 aromatic heterocycles. The molecule has 3 aromatic rings. The summed E-state index contributed by atoms with van der Waals surface area (Å²) in [5, 5.41) is 13.2. The standard InChI is InChI=1S/C23H23ClN2O3/c1-5-10-26-20-9-6-15(13(2)3)11-17(20)14(4)21(26)22(27)25-16-7-8-19(24)18(12-16)23(28)29/h5-9,11-13H,1,10H2,2-4H3,(H,25,27)(H,28,29). The molecule has 1 amide bonds. The number of anilines is 1. The van der Waals surface area contributed by atoms with E-state index in [0.717, 1.165) is 16.5 Å². The van der Waals surface area contributed by atoms with Crippen LogP contribution in [0.1, 0.15) is 51.7 Å². The number of aromatic carboxylic acids is 1. The van der Waals surface area contributed by atoms with E-state index in [0.29, 0.717) is 23.8 Å². The number of carbonyl (C=O) groups excluding carboxylic acids is 1. The first-order chi connectivity index (χ1) is 13.7. The van der Waals surface area contributed by atoms with Gasteiger partial charge in [0.15, 0.2) is 0 Å². The summed E-state index contributed by atoms with van der Waals surface area (Å²) in [7, 11) is 0. The number of carboxylic acids is 1. The van der Waals surface area contributed by atoms with Crippen LogP contribution in [0.5, 0.6) is 0 Å². The minimum atomic E-state index is -1.15. The molecule has 3 rings (SSSR count). The Morgan fingerprint density at radius 2 is 1.97 bits per heavy atom. The molecule has 1 heterocycles. The van der Waals surface area contributed by atoms with Gasteiger partial charge in [0.05, 0.1) is 10.6 Å². The number of nitrogens with zero attached hydrogens (tertiary/aromatic N) is 1. The quantitative estimate of drug-likeness (QED) is 0.499. The highest BCUT2D eigenvalue weighted by atomic mass is 35.5. The first kappa shape index (κ1) is 20.7. The number of allylic oxidation sites excluding steroid dienone is 1. The van der Waals surface area contributed by atoms with Crippen molar-refractivity contribution in [1.29, 1.82) is 0 Å². The molecule has 0 aliphatic rings. The van der Waals surface area contributed by atoms with Gasteiger partial charge in [-0.05, 0) is 54.3 Å². The molecule has 6 heteroatoms. The lowest BCUT2D eigenvalue weighted by Crippen LogP contribution is -2.18. The van der Waals surface area contributed by atoms with Crippen LogP contribution in [0.3, 0.4) is 0 Å². The van der Waals surface area contributed by atoms with Crippen LogP contribution in [0, 0.1) is 6.92 Å². The maximum atomic E-state index is 13.1. The number of hydrogen-bond donors (Lipinski definition) is 2. The summed E-state index contributed by atoms with van der Waals surface area (Å²) in [6, 6.07) is 10.6. The Morgan fingerprint density at radius 1 is 1.24 bits per heavy atom. The Morgan fingerprint density at radius 3 is 2.59 bits per heavy atom. The number of aryl methyl sites for hydroxylation is 1. The maximum absolute atomic E-state index is 13.1. The molecule has 0 atom stereocenters. The van der Waals surface area contributed by atoms with Crippen LogP contribution in [0.25, 0.3) is 10.9 Å². The van der Waals surface area contributed by atoms with E-state index in [9.17, 15) is 14.7 Å². The highest BCUT2D eigenvalue weighted by molar-refractivity contribution is 6.33. The van der Waals surface area contributed by atoms with E-state index in [2.05, 4.69) is 37.9 Å². The minimum absolute atomic E-state index is 0.0607. The van der Waals surface area contributed by atoms with E-state index < -0.39 is 5.97 Å². The molecule has 0 unspecified atom stereocenters. The Kier molecular flexibility index (Phi) is 5.80. The normalized spacial score (nSPS) is 11.1. The molecular weight excluding hydrogens is 388 g/mol. The number of nitrogens with one attached hydrogen (secondary N) is 1. The molecule has 150 valence electrons. The average molecular weight is 411 g/mol. The van der Waals surface area contributed by atoms with Crippen molar-refractivity contribution in [1.82, 2.24) is 4.57 Å². The summed E-state index contributed by atoms with van der Waals surface area (Å²) < 4.78 is 1.92. The van der Waals surface area contributed by atoms with Gasteiger partial charge in [-0.15, -0.1) is 6.58 Å². The zero-order valence-corrected chi connectivity index (χ0v) is 17.4. The number of carbonyl (C=O) groups is 2. The van der Waals surface area contributed by atoms with E-state index in [1.54, 1.807) is 12.1 Å². The van der Waals surface area contributed by atoms with Gasteiger partial charge >= 0.3 is 5.97 Å². The van der Waals surface area contributed by atoms with Crippen LogP contribution in [0.2, 0.25) is 5.02 Å². The van der Waals surface area contributed by atoms with Crippen molar-refractivity contribution in [3.05, 3.63) is 76.5 Å². The lowest BCUT2D eigenvalue weighted by molar-refractivity contribution is 0.0696. The van der Waals surface area contributed by atoms with Crippen LogP contribution < -0.4 is 5.32 Å². The van der Waals surface area contributed by atoms with E-state index in [-0.39, 0.29) is 16.5 Å². The third kappa shape index (κ3) is 3.91. The predicted molar refractivity (Wildman–Crippen MR) is 117 cm³/mol. The first-order valence-electron chi connectivity index (χ1n) is 9.32. The highest BCUT2D eigenvalue weighted by Gasteiger charge is 2.21. The predicted octanol–water partition coefficient (Wildman–Crippen LogP) is 5.86. The fraction of sp³-hybridized carbons (Fsp3) is 0.217. The van der Waals surface area contributed by atoms with Crippen molar-refractivity contribution >= 4 is 40.1 Å². The van der Waals surface area contributed by atoms with E-state index in [1.807, 2.05) is 17.6 Å². The molecule has 5 nitrogen and oxygen atoms in total. The van der Waals surface area contributed by atoms with Crippen LogP contribution in [0.4, 0.5) is 5.69 Å². The van der Waals surface area contributed by atoms with Crippen LogP contribution in [0.15, 0.2) is 49.1 Å². The van der Waals surface area contributed by atoms with Gasteiger partial charge in [-0.3, -0.25) is 4.79 Å². The zero-order valence-electron chi connectivity index (χ0n) is 16.6. The molecule has 0 bridgehead atoms. The third-order valence-corrected chi connectivity index (χ3v) is 5.32. The summed E-state index contributed by atoms with van der Waals surface area (Å²) in [5.74, 6) is -1.09. The number of carboxylic acid groups (broad SMARTS) is 1. The smallest absolute Gasteiger partial charge is 0.337 e. The van der Waals surface area contributed by atoms with Crippen molar-refractivity contribution in [2.24, 2.45) is 0 Å². The number of benzene rings is 2. The minimum Gasteiger partial charge on any atom is -0.478 e. The number of hydrogen-bond acceptors (Lipinski definition) is 2. The zero-order chi connectivity index (χ0) is 21.3. The van der Waals surface area contributed by atoms with Gasteiger partial charge in [0.25, 0.3) is 5.91 Å². The second-order valence-corrected chi connectivity index (χ2v) is 7.67. The van der Waals surface area contributed by atoms with Crippen molar-refractivity contribution in [2.45, 2.75) is 33.2 Å². The van der Waals surface area contributed by atoms with Gasteiger partial charge in [0, 0.05) is 23.1 Å². The number of fused-ring (bicyclic) bond motifs is 1. The molecule has 0 fully saturated rings. The van der Waals surface area contributed by atoms with E-state index >= 15 is 0 Å². The fourth-order valence-electron chi connectivity index (χ4n) is 3.47. The van der Waals surface area contributed by atoms with Gasteiger partial charge in [-0.2, -0.15) is 0 Å². The third-order valence-electron chi connectivity index (χ3n) is 4.99. The molecule has 0 spiro atoms. The van der Waals surface area contributed by atoms with E-state index in [4.69, 9.17) is 11.6 Å². The van der Waals surface area contributed by atoms with Crippen LogP contribution in [-0.4, -0.2) is 21.6 Å². The van der Waals surface area contributed by atoms with Gasteiger partial charge in [-0.1, -0.05) is 37.6 Å². The summed E-state index contributed by atoms with van der Waals surface area (Å²) in [6.45, 7) is 10.5. The molecule has 2 N–H and O–H groups in total.